The fraction of sp³-hybridized carbons (Fsp3) is 0.533. The summed E-state index contributed by atoms with van der Waals surface area (Å²) in [5.74, 6) is 1.23. The Labute approximate surface area is 119 Å². The topological polar surface area (TPSA) is 52.3 Å². The van der Waals surface area contributed by atoms with Gasteiger partial charge in [0.1, 0.15) is 0 Å². The Kier molecular flexibility index (Phi) is 6.78. The normalized spacial score (nSPS) is 12.4. The second-order valence-electron chi connectivity index (χ2n) is 5.04. The summed E-state index contributed by atoms with van der Waals surface area (Å²) in [5.41, 5.74) is 7.56. The van der Waals surface area contributed by atoms with E-state index < -0.39 is 0 Å². The first-order valence-electron chi connectivity index (χ1n) is 6.61. The van der Waals surface area contributed by atoms with Gasteiger partial charge in [-0.15, -0.1) is 11.8 Å². The summed E-state index contributed by atoms with van der Waals surface area (Å²) in [7, 11) is 0. The van der Waals surface area contributed by atoms with Crippen molar-refractivity contribution in [3.63, 3.8) is 0 Å². The highest BCUT2D eigenvalue weighted by atomic mass is 32.2. The van der Waals surface area contributed by atoms with Crippen LogP contribution in [-0.2, 0) is 15.3 Å². The predicted octanol–water partition coefficient (Wildman–Crippen LogP) is 3.48. The molecule has 0 aliphatic carbocycles. The molecule has 0 saturated heterocycles. The van der Waals surface area contributed by atoms with Gasteiger partial charge in [-0.3, -0.25) is 4.79 Å². The van der Waals surface area contributed by atoms with E-state index in [4.69, 9.17) is 10.5 Å². The van der Waals surface area contributed by atoms with Gasteiger partial charge in [0.25, 0.3) is 0 Å². The number of benzene rings is 1. The quantitative estimate of drug-likeness (QED) is 0.614. The fourth-order valence-corrected chi connectivity index (χ4v) is 2.25. The lowest BCUT2D eigenvalue weighted by Gasteiger charge is -2.12. The van der Waals surface area contributed by atoms with Crippen molar-refractivity contribution in [2.45, 2.75) is 38.2 Å². The van der Waals surface area contributed by atoms with E-state index in [1.54, 1.807) is 11.8 Å². The standard InChI is InChI=1S/C15H23NO2S/c1-11(2)8-9-18-15(17)12(3)19-10-13-4-6-14(16)7-5-13/h4-7,11-12H,8-10,16H2,1-3H3. The lowest BCUT2D eigenvalue weighted by atomic mass is 10.1. The number of carbonyl (C=O) groups is 1. The number of rotatable bonds is 7. The van der Waals surface area contributed by atoms with Gasteiger partial charge < -0.3 is 10.5 Å². The second kappa shape index (κ2) is 8.10. The monoisotopic (exact) mass is 281 g/mol. The molecule has 1 aromatic carbocycles. The zero-order valence-corrected chi connectivity index (χ0v) is 12.7. The minimum Gasteiger partial charge on any atom is -0.465 e. The van der Waals surface area contributed by atoms with Crippen molar-refractivity contribution in [3.8, 4) is 0 Å². The molecule has 0 heterocycles. The van der Waals surface area contributed by atoms with Crippen molar-refractivity contribution in [1.29, 1.82) is 0 Å². The van der Waals surface area contributed by atoms with Crippen LogP contribution in [0.2, 0.25) is 0 Å². The molecule has 0 saturated carbocycles. The number of carbonyl (C=O) groups excluding carboxylic acids is 1. The van der Waals surface area contributed by atoms with Crippen LogP contribution in [0.1, 0.15) is 32.8 Å². The minimum atomic E-state index is -0.135. The van der Waals surface area contributed by atoms with Gasteiger partial charge in [-0.1, -0.05) is 26.0 Å². The number of esters is 1. The summed E-state index contributed by atoms with van der Waals surface area (Å²) in [5, 5.41) is -0.135. The van der Waals surface area contributed by atoms with Gasteiger partial charge in [-0.2, -0.15) is 0 Å². The third-order valence-electron chi connectivity index (χ3n) is 2.75. The van der Waals surface area contributed by atoms with Gasteiger partial charge in [-0.25, -0.2) is 0 Å². The van der Waals surface area contributed by atoms with Crippen LogP contribution in [-0.4, -0.2) is 17.8 Å². The van der Waals surface area contributed by atoms with Crippen LogP contribution < -0.4 is 5.73 Å². The molecule has 0 amide bonds. The van der Waals surface area contributed by atoms with Crippen LogP contribution in [0.25, 0.3) is 0 Å². The largest absolute Gasteiger partial charge is 0.465 e. The van der Waals surface area contributed by atoms with E-state index in [2.05, 4.69) is 13.8 Å². The molecule has 0 fully saturated rings. The predicted molar refractivity (Wildman–Crippen MR) is 82.0 cm³/mol. The Morgan fingerprint density at radius 2 is 1.89 bits per heavy atom. The molecule has 1 unspecified atom stereocenters. The molecule has 0 radical (unpaired) electrons. The Morgan fingerprint density at radius 1 is 1.26 bits per heavy atom. The first-order chi connectivity index (χ1) is 8.99. The number of hydrogen-bond acceptors (Lipinski definition) is 4. The number of nitrogen functional groups attached to an aromatic ring is 1. The van der Waals surface area contributed by atoms with Crippen molar-refractivity contribution >= 4 is 23.4 Å². The van der Waals surface area contributed by atoms with Crippen molar-refractivity contribution in [3.05, 3.63) is 29.8 Å². The number of ether oxygens (including phenoxy) is 1. The summed E-state index contributed by atoms with van der Waals surface area (Å²) in [6.45, 7) is 6.64. The smallest absolute Gasteiger partial charge is 0.318 e. The third kappa shape index (κ3) is 6.53. The van der Waals surface area contributed by atoms with E-state index in [0.717, 1.165) is 17.9 Å². The van der Waals surface area contributed by atoms with Gasteiger partial charge in [0.15, 0.2) is 0 Å². The van der Waals surface area contributed by atoms with Crippen molar-refractivity contribution < 1.29 is 9.53 Å². The molecule has 3 nitrogen and oxygen atoms in total. The molecular formula is C15H23NO2S. The third-order valence-corrected chi connectivity index (χ3v) is 3.94. The first kappa shape index (κ1) is 15.9. The molecule has 2 N–H and O–H groups in total. The minimum absolute atomic E-state index is 0.124. The fourth-order valence-electron chi connectivity index (χ4n) is 1.42. The Balaban J connectivity index is 2.28. The molecule has 1 atom stereocenters. The molecule has 0 aliphatic heterocycles. The van der Waals surface area contributed by atoms with Crippen LogP contribution in [0.3, 0.4) is 0 Å². The van der Waals surface area contributed by atoms with Gasteiger partial charge >= 0.3 is 5.97 Å². The van der Waals surface area contributed by atoms with Crippen LogP contribution in [0.5, 0.6) is 0 Å². The van der Waals surface area contributed by atoms with Gasteiger partial charge in [0.2, 0.25) is 0 Å². The molecule has 106 valence electrons. The van der Waals surface area contributed by atoms with E-state index in [-0.39, 0.29) is 11.2 Å². The van der Waals surface area contributed by atoms with E-state index in [1.807, 2.05) is 31.2 Å². The first-order valence-corrected chi connectivity index (χ1v) is 7.66. The van der Waals surface area contributed by atoms with Crippen LogP contribution in [0.15, 0.2) is 24.3 Å². The Hall–Kier alpha value is -1.16. The van der Waals surface area contributed by atoms with Crippen molar-refractivity contribution in [2.75, 3.05) is 12.3 Å². The van der Waals surface area contributed by atoms with E-state index >= 15 is 0 Å². The summed E-state index contributed by atoms with van der Waals surface area (Å²) in [6.07, 6.45) is 0.918. The number of hydrogen-bond donors (Lipinski definition) is 1. The zero-order valence-electron chi connectivity index (χ0n) is 11.9. The second-order valence-corrected chi connectivity index (χ2v) is 6.37. The van der Waals surface area contributed by atoms with Gasteiger partial charge in [-0.05, 0) is 37.0 Å². The maximum absolute atomic E-state index is 11.7. The average Bonchev–Trinajstić information content (AvgIpc) is 2.37. The zero-order chi connectivity index (χ0) is 14.3. The highest BCUT2D eigenvalue weighted by Crippen LogP contribution is 2.19. The summed E-state index contributed by atoms with van der Waals surface area (Å²) < 4.78 is 5.24. The van der Waals surface area contributed by atoms with E-state index in [9.17, 15) is 4.79 Å². The molecule has 4 heteroatoms. The van der Waals surface area contributed by atoms with Crippen LogP contribution in [0, 0.1) is 5.92 Å². The molecule has 19 heavy (non-hydrogen) atoms. The molecule has 0 aliphatic rings. The lowest BCUT2D eigenvalue weighted by molar-refractivity contribution is -0.142. The highest BCUT2D eigenvalue weighted by Gasteiger charge is 2.14. The molecule has 0 bridgehead atoms. The Bertz CT molecular complexity index is 390. The SMILES string of the molecule is CC(C)CCOC(=O)C(C)SCc1ccc(N)cc1. The summed E-state index contributed by atoms with van der Waals surface area (Å²) in [6, 6.07) is 7.72. The van der Waals surface area contributed by atoms with Crippen molar-refractivity contribution in [2.24, 2.45) is 5.92 Å². The lowest BCUT2D eigenvalue weighted by Crippen LogP contribution is -2.18. The molecule has 1 rings (SSSR count). The molecular weight excluding hydrogens is 258 g/mol. The maximum Gasteiger partial charge on any atom is 0.318 e. The number of anilines is 1. The summed E-state index contributed by atoms with van der Waals surface area (Å²) in [4.78, 5) is 11.7. The molecule has 0 spiro atoms. The highest BCUT2D eigenvalue weighted by molar-refractivity contribution is 7.99. The van der Waals surface area contributed by atoms with Crippen LogP contribution in [0.4, 0.5) is 5.69 Å². The number of nitrogens with two attached hydrogens (primary N) is 1. The average molecular weight is 281 g/mol. The van der Waals surface area contributed by atoms with Crippen LogP contribution >= 0.6 is 11.8 Å². The Morgan fingerprint density at radius 3 is 2.47 bits per heavy atom. The van der Waals surface area contributed by atoms with Gasteiger partial charge in [0.05, 0.1) is 11.9 Å². The molecule has 0 aromatic heterocycles. The van der Waals surface area contributed by atoms with Crippen molar-refractivity contribution in [1.82, 2.24) is 0 Å². The molecule has 1 aromatic rings. The summed E-state index contributed by atoms with van der Waals surface area (Å²) >= 11 is 1.59. The number of thioether (sulfide) groups is 1. The van der Waals surface area contributed by atoms with E-state index in [0.29, 0.717) is 12.5 Å². The van der Waals surface area contributed by atoms with Gasteiger partial charge in [0, 0.05) is 11.4 Å². The van der Waals surface area contributed by atoms with E-state index in [1.165, 1.54) is 5.56 Å². The maximum atomic E-state index is 11.7.